The first-order valence-corrected chi connectivity index (χ1v) is 18.2. The number of aliphatic carboxylic acids is 1. The number of amides is 3. The molecule has 0 spiro atoms. The van der Waals surface area contributed by atoms with Crippen molar-refractivity contribution < 1.29 is 29.0 Å². The molecule has 5 atom stereocenters. The first-order valence-electron chi connectivity index (χ1n) is 17.3. The fourth-order valence-corrected chi connectivity index (χ4v) is 7.95. The highest BCUT2D eigenvalue weighted by atomic mass is 32.1. The molecule has 1 saturated carbocycles. The van der Waals surface area contributed by atoms with Crippen LogP contribution in [0.5, 0.6) is 0 Å². The summed E-state index contributed by atoms with van der Waals surface area (Å²) >= 11 is 1.49. The highest BCUT2D eigenvalue weighted by Crippen LogP contribution is 2.45. The molecule has 0 aromatic carbocycles. The van der Waals surface area contributed by atoms with Crippen LogP contribution in [0.25, 0.3) is 11.1 Å². The van der Waals surface area contributed by atoms with Crippen molar-refractivity contribution in [3.8, 4) is 11.1 Å². The Hall–Kier alpha value is -4.20. The van der Waals surface area contributed by atoms with Crippen LogP contribution in [0.1, 0.15) is 84.6 Å². The number of anilines is 1. The van der Waals surface area contributed by atoms with Crippen LogP contribution in [0.3, 0.4) is 0 Å². The average molecular weight is 695 g/mol. The van der Waals surface area contributed by atoms with Gasteiger partial charge in [-0.2, -0.15) is 16.4 Å². The van der Waals surface area contributed by atoms with Crippen LogP contribution >= 0.6 is 11.3 Å². The maximum Gasteiger partial charge on any atom is 0.408 e. The highest BCUT2D eigenvalue weighted by molar-refractivity contribution is 7.08. The maximum atomic E-state index is 14.4. The molecule has 2 aromatic heterocycles. The van der Waals surface area contributed by atoms with E-state index in [-0.39, 0.29) is 30.9 Å². The predicted molar refractivity (Wildman–Crippen MR) is 184 cm³/mol. The Balaban J connectivity index is 1.36. The van der Waals surface area contributed by atoms with Crippen LogP contribution in [0.4, 0.5) is 10.5 Å². The predicted octanol–water partition coefficient (Wildman–Crippen LogP) is 4.09. The Kier molecular flexibility index (Phi) is 9.88. The fourth-order valence-electron chi connectivity index (χ4n) is 7.30. The molecule has 2 saturated heterocycles. The van der Waals surface area contributed by atoms with Gasteiger partial charge in [0.1, 0.15) is 23.2 Å². The summed E-state index contributed by atoms with van der Waals surface area (Å²) < 4.78 is 6.85. The second kappa shape index (κ2) is 14.0. The monoisotopic (exact) mass is 694 g/mol. The maximum absolute atomic E-state index is 14.4. The quantitative estimate of drug-likeness (QED) is 0.392. The number of nitrogens with one attached hydrogen (secondary N) is 2. The summed E-state index contributed by atoms with van der Waals surface area (Å²) in [5.41, 5.74) is -0.501. The number of carboxylic acid groups (broad SMARTS) is 1. The summed E-state index contributed by atoms with van der Waals surface area (Å²) in [6, 6.07) is -0.854. The van der Waals surface area contributed by atoms with E-state index in [9.17, 15) is 29.1 Å². The van der Waals surface area contributed by atoms with Crippen molar-refractivity contribution in [3.05, 3.63) is 45.5 Å². The molecule has 13 nitrogen and oxygen atoms in total. The fraction of sp³-hybridized carbons (Fsp3) is 0.600. The number of aromatic nitrogens is 2. The molecule has 14 heteroatoms. The molecule has 0 radical (unpaired) electrons. The van der Waals surface area contributed by atoms with Gasteiger partial charge in [-0.1, -0.05) is 25.0 Å². The van der Waals surface area contributed by atoms with Crippen molar-refractivity contribution in [3.63, 3.8) is 0 Å². The van der Waals surface area contributed by atoms with Crippen molar-refractivity contribution >= 4 is 40.9 Å². The molecule has 3 amide bonds. The number of ether oxygens (including phenoxy) is 1. The lowest BCUT2D eigenvalue weighted by Crippen LogP contribution is -2.56. The Morgan fingerprint density at radius 1 is 1.12 bits per heavy atom. The molecule has 6 rings (SSSR count). The lowest BCUT2D eigenvalue weighted by molar-refractivity contribution is -0.145. The Labute approximate surface area is 289 Å². The molecule has 5 heterocycles. The molecule has 1 aliphatic carbocycles. The van der Waals surface area contributed by atoms with Gasteiger partial charge in [0.15, 0.2) is 0 Å². The van der Waals surface area contributed by atoms with Gasteiger partial charge in [-0.05, 0) is 76.1 Å². The number of rotatable bonds is 5. The van der Waals surface area contributed by atoms with E-state index >= 15 is 0 Å². The van der Waals surface area contributed by atoms with E-state index in [2.05, 4.69) is 20.6 Å². The van der Waals surface area contributed by atoms with Gasteiger partial charge in [0, 0.05) is 37.5 Å². The number of carboxylic acids is 1. The van der Waals surface area contributed by atoms with Gasteiger partial charge in [-0.3, -0.25) is 14.4 Å². The minimum Gasteiger partial charge on any atom is -0.479 e. The summed E-state index contributed by atoms with van der Waals surface area (Å²) in [6.45, 7) is 6.82. The van der Waals surface area contributed by atoms with Crippen molar-refractivity contribution in [2.24, 2.45) is 5.92 Å². The normalized spacial score (nSPS) is 27.8. The smallest absolute Gasteiger partial charge is 0.408 e. The van der Waals surface area contributed by atoms with Gasteiger partial charge in [0.2, 0.25) is 11.8 Å². The van der Waals surface area contributed by atoms with E-state index in [4.69, 9.17) is 4.74 Å². The van der Waals surface area contributed by atoms with E-state index in [1.807, 2.05) is 29.0 Å². The van der Waals surface area contributed by atoms with Crippen LogP contribution in [0.15, 0.2) is 40.0 Å². The number of nitrogens with zero attached hydrogens (tertiary/aromatic N) is 4. The summed E-state index contributed by atoms with van der Waals surface area (Å²) in [5.74, 6) is -2.59. The molecule has 0 unspecified atom stereocenters. The molecule has 4 aliphatic rings. The molecule has 264 valence electrons. The van der Waals surface area contributed by atoms with Crippen molar-refractivity contribution in [1.82, 2.24) is 25.3 Å². The van der Waals surface area contributed by atoms with E-state index in [0.29, 0.717) is 18.4 Å². The second-order valence-corrected chi connectivity index (χ2v) is 15.4. The molecule has 3 fully saturated rings. The average Bonchev–Trinajstić information content (AvgIpc) is 3.56. The van der Waals surface area contributed by atoms with Crippen molar-refractivity contribution in [1.29, 1.82) is 0 Å². The minimum absolute atomic E-state index is 0.0220. The second-order valence-electron chi connectivity index (χ2n) is 14.6. The first-order chi connectivity index (χ1) is 23.4. The Morgan fingerprint density at radius 2 is 1.90 bits per heavy atom. The topological polar surface area (TPSA) is 163 Å². The number of fused-ring (bicyclic) bond motifs is 2. The molecule has 49 heavy (non-hydrogen) atoms. The summed E-state index contributed by atoms with van der Waals surface area (Å²) in [4.78, 5) is 71.7. The molecular formula is C35H46N6O7S. The lowest BCUT2D eigenvalue weighted by atomic mass is 10.0. The van der Waals surface area contributed by atoms with Crippen LogP contribution in [0, 0.1) is 5.92 Å². The van der Waals surface area contributed by atoms with Crippen LogP contribution in [-0.2, 0) is 19.1 Å². The largest absolute Gasteiger partial charge is 0.479 e. The van der Waals surface area contributed by atoms with E-state index < -0.39 is 53.1 Å². The summed E-state index contributed by atoms with van der Waals surface area (Å²) in [5, 5.41) is 24.2. The first kappa shape index (κ1) is 34.7. The van der Waals surface area contributed by atoms with Gasteiger partial charge in [-0.15, -0.1) is 0 Å². The van der Waals surface area contributed by atoms with Crippen molar-refractivity contribution in [2.75, 3.05) is 24.5 Å². The molecule has 3 N–H and O–H groups in total. The lowest BCUT2D eigenvalue weighted by Gasteiger charge is -2.30. The van der Waals surface area contributed by atoms with Gasteiger partial charge >= 0.3 is 12.1 Å². The molecular weight excluding hydrogens is 648 g/mol. The zero-order valence-electron chi connectivity index (χ0n) is 28.4. The molecule has 2 aromatic rings. The van der Waals surface area contributed by atoms with Gasteiger partial charge < -0.3 is 30.3 Å². The third kappa shape index (κ3) is 7.38. The summed E-state index contributed by atoms with van der Waals surface area (Å²) in [6.07, 6.45) is 10.4. The summed E-state index contributed by atoms with van der Waals surface area (Å²) in [7, 11) is 0. The third-order valence-corrected chi connectivity index (χ3v) is 10.6. The van der Waals surface area contributed by atoms with E-state index in [0.717, 1.165) is 56.4 Å². The number of hydrogen-bond acceptors (Lipinski definition) is 9. The van der Waals surface area contributed by atoms with Crippen molar-refractivity contribution in [2.45, 2.75) is 108 Å². The van der Waals surface area contributed by atoms with Gasteiger partial charge in [0.05, 0.1) is 23.5 Å². The van der Waals surface area contributed by atoms with Crippen LogP contribution in [0.2, 0.25) is 0 Å². The van der Waals surface area contributed by atoms with Gasteiger partial charge in [-0.25, -0.2) is 14.3 Å². The van der Waals surface area contributed by atoms with Gasteiger partial charge in [0.25, 0.3) is 5.56 Å². The Bertz CT molecular complexity index is 1660. The number of carbonyl (C=O) groups is 4. The third-order valence-electron chi connectivity index (χ3n) is 9.91. The number of allylic oxidation sites excluding steroid dienone is 1. The van der Waals surface area contributed by atoms with Crippen LogP contribution < -0.4 is 21.1 Å². The number of carbonyl (C=O) groups excluding carboxylic acids is 3. The number of hydrogen-bond donors (Lipinski definition) is 3. The number of alkyl carbamates (subject to hydrolysis) is 1. The zero-order chi connectivity index (χ0) is 34.9. The molecule has 0 bridgehead atoms. The highest BCUT2D eigenvalue weighted by Gasteiger charge is 2.61. The number of thiophene rings is 1. The van der Waals surface area contributed by atoms with Crippen LogP contribution in [-0.4, -0.2) is 86.5 Å². The SMILES string of the molecule is CC(C)(C)OC(=O)N[C@H]1CCCCCC=C[C@@H]2C[C@@]2(C(=O)O)NC(=O)[C@@H]2C[C@H](n3ncc(N4CCCC4)c(-c4ccsc4)c3=O)CN2C1=O. The standard InChI is InChI=1S/C35H46N6O7S/c1-34(2,3)48-33(47)37-25-12-8-6-4-5-7-11-23-18-35(23,32(45)46)38-29(42)26-17-24(20-40(26)30(25)43)41-31(44)28(22-13-16-49-21-22)27(19-36-41)39-14-9-10-15-39/h7,11,13,16,19,21,23-26H,4-6,8-10,12,14-15,17-18,20H2,1-3H3,(H,37,47)(H,38,42)(H,45,46)/t23-,24+,25+,26+,35-/m1/s1. The molecule has 3 aliphatic heterocycles. The van der Waals surface area contributed by atoms with E-state index in [1.54, 1.807) is 27.0 Å². The van der Waals surface area contributed by atoms with E-state index in [1.165, 1.54) is 20.9 Å². The Morgan fingerprint density at radius 3 is 2.59 bits per heavy atom. The zero-order valence-corrected chi connectivity index (χ0v) is 29.2. The minimum atomic E-state index is -1.46.